The number of nitrogens with one attached hydrogen (secondary N) is 1. The Kier molecular flexibility index (Phi) is 3.81. The molecule has 2 rings (SSSR count). The molecule has 0 spiro atoms. The third-order valence-corrected chi connectivity index (χ3v) is 3.15. The van der Waals surface area contributed by atoms with Gasteiger partial charge in [-0.25, -0.2) is 4.39 Å². The molecule has 3 N–H and O–H groups in total. The highest BCUT2D eigenvalue weighted by Crippen LogP contribution is 2.31. The number of ether oxygens (including phenoxy) is 1. The summed E-state index contributed by atoms with van der Waals surface area (Å²) in [5, 5.41) is 2.65. The summed E-state index contributed by atoms with van der Waals surface area (Å²) in [6.45, 7) is 0.384. The molecule has 1 fully saturated rings. The monoisotopic (exact) mass is 252 g/mol. The topological polar surface area (TPSA) is 64.3 Å². The lowest BCUT2D eigenvalue weighted by molar-refractivity contribution is 0.0946. The van der Waals surface area contributed by atoms with Gasteiger partial charge in [-0.05, 0) is 30.9 Å². The minimum atomic E-state index is -0.591. The lowest BCUT2D eigenvalue weighted by atomic mass is 10.1. The Bertz CT molecular complexity index is 447. The Morgan fingerprint density at radius 3 is 2.89 bits per heavy atom. The van der Waals surface area contributed by atoms with E-state index >= 15 is 0 Å². The van der Waals surface area contributed by atoms with E-state index in [1.165, 1.54) is 19.2 Å². The number of amides is 1. The largest absolute Gasteiger partial charge is 0.497 e. The smallest absolute Gasteiger partial charge is 0.254 e. The average molecular weight is 252 g/mol. The van der Waals surface area contributed by atoms with Crippen molar-refractivity contribution < 1.29 is 13.9 Å². The second kappa shape index (κ2) is 5.35. The first kappa shape index (κ1) is 12.8. The van der Waals surface area contributed by atoms with E-state index in [1.807, 2.05) is 0 Å². The van der Waals surface area contributed by atoms with Crippen molar-refractivity contribution >= 4 is 5.91 Å². The molecule has 1 amide bonds. The molecular formula is C13H17FN2O2. The maximum atomic E-state index is 13.6. The van der Waals surface area contributed by atoms with E-state index in [0.717, 1.165) is 12.8 Å². The van der Waals surface area contributed by atoms with E-state index in [4.69, 9.17) is 10.5 Å². The fraction of sp³-hybridized carbons (Fsp3) is 0.462. The van der Waals surface area contributed by atoms with Crippen molar-refractivity contribution in [1.82, 2.24) is 5.32 Å². The summed E-state index contributed by atoms with van der Waals surface area (Å²) in [5.74, 6) is -0.136. The van der Waals surface area contributed by atoms with Crippen LogP contribution in [0.1, 0.15) is 23.2 Å². The average Bonchev–Trinajstić information content (AvgIpc) is 3.19. The molecule has 1 aliphatic rings. The van der Waals surface area contributed by atoms with Crippen LogP contribution in [0.4, 0.5) is 4.39 Å². The zero-order valence-corrected chi connectivity index (χ0v) is 10.3. The van der Waals surface area contributed by atoms with Gasteiger partial charge in [0, 0.05) is 18.7 Å². The molecule has 0 radical (unpaired) electrons. The number of hydrogen-bond acceptors (Lipinski definition) is 3. The molecule has 0 aromatic heterocycles. The second-order valence-electron chi connectivity index (χ2n) is 4.56. The van der Waals surface area contributed by atoms with Crippen LogP contribution in [0, 0.1) is 11.7 Å². The predicted molar refractivity (Wildman–Crippen MR) is 66.0 cm³/mol. The van der Waals surface area contributed by atoms with Gasteiger partial charge in [0.15, 0.2) is 0 Å². The van der Waals surface area contributed by atoms with E-state index in [1.54, 1.807) is 6.07 Å². The Labute approximate surface area is 105 Å². The van der Waals surface area contributed by atoms with E-state index in [-0.39, 0.29) is 11.6 Å². The summed E-state index contributed by atoms with van der Waals surface area (Å²) in [4.78, 5) is 11.8. The number of carbonyl (C=O) groups excluding carboxylic acids is 1. The lowest BCUT2D eigenvalue weighted by Crippen LogP contribution is -2.38. The van der Waals surface area contributed by atoms with Crippen LogP contribution in [0.15, 0.2) is 18.2 Å². The van der Waals surface area contributed by atoms with Gasteiger partial charge in [-0.3, -0.25) is 4.79 Å². The molecule has 1 aromatic carbocycles. The molecule has 1 aliphatic carbocycles. The van der Waals surface area contributed by atoms with Gasteiger partial charge >= 0.3 is 0 Å². The normalized spacial score (nSPS) is 16.2. The maximum absolute atomic E-state index is 13.6. The minimum absolute atomic E-state index is 0.0128. The van der Waals surface area contributed by atoms with Crippen LogP contribution in [0.2, 0.25) is 0 Å². The summed E-state index contributed by atoms with van der Waals surface area (Å²) < 4.78 is 18.5. The number of rotatable bonds is 5. The van der Waals surface area contributed by atoms with Crippen LogP contribution in [-0.4, -0.2) is 25.6 Å². The summed E-state index contributed by atoms with van der Waals surface area (Å²) in [5.41, 5.74) is 5.87. The second-order valence-corrected chi connectivity index (χ2v) is 4.56. The van der Waals surface area contributed by atoms with Crippen LogP contribution in [0.3, 0.4) is 0 Å². The Morgan fingerprint density at radius 2 is 2.33 bits per heavy atom. The third-order valence-electron chi connectivity index (χ3n) is 3.15. The van der Waals surface area contributed by atoms with Gasteiger partial charge in [-0.1, -0.05) is 0 Å². The molecular weight excluding hydrogens is 235 g/mol. The van der Waals surface area contributed by atoms with Crippen molar-refractivity contribution in [2.75, 3.05) is 13.7 Å². The molecule has 0 aliphatic heterocycles. The van der Waals surface area contributed by atoms with Gasteiger partial charge < -0.3 is 15.8 Å². The molecule has 1 aromatic rings. The van der Waals surface area contributed by atoms with E-state index in [2.05, 4.69) is 5.32 Å². The SMILES string of the molecule is COc1ccc(C(=O)NCC(N)C2CC2)c(F)c1. The van der Waals surface area contributed by atoms with E-state index < -0.39 is 11.7 Å². The molecule has 4 nitrogen and oxygen atoms in total. The van der Waals surface area contributed by atoms with Crippen molar-refractivity contribution in [3.8, 4) is 5.75 Å². The standard InChI is InChI=1S/C13H17FN2O2/c1-18-9-4-5-10(11(14)6-9)13(17)16-7-12(15)8-2-3-8/h4-6,8,12H,2-3,7,15H2,1H3,(H,16,17). The van der Waals surface area contributed by atoms with Gasteiger partial charge in [0.1, 0.15) is 11.6 Å². The first-order valence-electron chi connectivity index (χ1n) is 5.99. The molecule has 98 valence electrons. The molecule has 0 saturated heterocycles. The van der Waals surface area contributed by atoms with Crippen LogP contribution in [0.25, 0.3) is 0 Å². The predicted octanol–water partition coefficient (Wildman–Crippen LogP) is 1.30. The highest BCUT2D eigenvalue weighted by molar-refractivity contribution is 5.94. The third kappa shape index (κ3) is 2.98. The van der Waals surface area contributed by atoms with E-state index in [0.29, 0.717) is 18.2 Å². The highest BCUT2D eigenvalue weighted by atomic mass is 19.1. The van der Waals surface area contributed by atoms with Crippen molar-refractivity contribution in [1.29, 1.82) is 0 Å². The Morgan fingerprint density at radius 1 is 1.61 bits per heavy atom. The van der Waals surface area contributed by atoms with Crippen LogP contribution >= 0.6 is 0 Å². The molecule has 1 unspecified atom stereocenters. The van der Waals surface area contributed by atoms with Gasteiger partial charge in [0.25, 0.3) is 5.91 Å². The van der Waals surface area contributed by atoms with Crippen LogP contribution in [-0.2, 0) is 0 Å². The van der Waals surface area contributed by atoms with Gasteiger partial charge in [-0.15, -0.1) is 0 Å². The van der Waals surface area contributed by atoms with Gasteiger partial charge in [0.2, 0.25) is 0 Å². The number of hydrogen-bond donors (Lipinski definition) is 2. The van der Waals surface area contributed by atoms with Crippen LogP contribution < -0.4 is 15.8 Å². The van der Waals surface area contributed by atoms with Crippen molar-refractivity contribution in [2.45, 2.75) is 18.9 Å². The number of nitrogens with two attached hydrogens (primary N) is 1. The fourth-order valence-electron chi connectivity index (χ4n) is 1.80. The quantitative estimate of drug-likeness (QED) is 0.830. The van der Waals surface area contributed by atoms with Crippen molar-refractivity contribution in [3.63, 3.8) is 0 Å². The Balaban J connectivity index is 1.95. The summed E-state index contributed by atoms with van der Waals surface area (Å²) in [6.07, 6.45) is 2.24. The van der Waals surface area contributed by atoms with Crippen LogP contribution in [0.5, 0.6) is 5.75 Å². The molecule has 5 heteroatoms. The molecule has 18 heavy (non-hydrogen) atoms. The lowest BCUT2D eigenvalue weighted by Gasteiger charge is -2.12. The number of methoxy groups -OCH3 is 1. The van der Waals surface area contributed by atoms with Gasteiger partial charge in [-0.2, -0.15) is 0 Å². The summed E-state index contributed by atoms with van der Waals surface area (Å²) in [6, 6.07) is 4.12. The first-order chi connectivity index (χ1) is 8.61. The number of benzene rings is 1. The Hall–Kier alpha value is -1.62. The zero-order chi connectivity index (χ0) is 13.1. The number of halogens is 1. The summed E-state index contributed by atoms with van der Waals surface area (Å²) in [7, 11) is 1.45. The fourth-order valence-corrected chi connectivity index (χ4v) is 1.80. The van der Waals surface area contributed by atoms with E-state index in [9.17, 15) is 9.18 Å². The highest BCUT2D eigenvalue weighted by Gasteiger charge is 2.28. The minimum Gasteiger partial charge on any atom is -0.497 e. The maximum Gasteiger partial charge on any atom is 0.254 e. The summed E-state index contributed by atoms with van der Waals surface area (Å²) >= 11 is 0. The van der Waals surface area contributed by atoms with Crippen molar-refractivity contribution in [2.24, 2.45) is 11.7 Å². The molecule has 0 bridgehead atoms. The molecule has 0 heterocycles. The first-order valence-corrected chi connectivity index (χ1v) is 5.99. The molecule has 1 atom stereocenters. The molecule has 1 saturated carbocycles. The van der Waals surface area contributed by atoms with Gasteiger partial charge in [0.05, 0.1) is 12.7 Å². The number of carbonyl (C=O) groups is 1. The zero-order valence-electron chi connectivity index (χ0n) is 10.3. The van der Waals surface area contributed by atoms with Crippen molar-refractivity contribution in [3.05, 3.63) is 29.6 Å².